The number of hydrogen-bond donors (Lipinski definition) is 0. The standard InChI is InChI=1S/C14H10O2S/c1-7-8(2)13(16)14-11(12(7)15)9-5-3-4-6-10(9)17-14/h3-6H,1-2H3. The van der Waals surface area contributed by atoms with Crippen LogP contribution < -0.4 is 0 Å². The van der Waals surface area contributed by atoms with Crippen LogP contribution in [0.5, 0.6) is 0 Å². The van der Waals surface area contributed by atoms with Crippen LogP contribution in [0.1, 0.15) is 33.9 Å². The topological polar surface area (TPSA) is 34.1 Å². The summed E-state index contributed by atoms with van der Waals surface area (Å²) in [4.78, 5) is 25.0. The van der Waals surface area contributed by atoms with Gasteiger partial charge in [0.25, 0.3) is 0 Å². The minimum absolute atomic E-state index is 0.00157. The molecule has 0 radical (unpaired) electrons. The first-order valence-corrected chi connectivity index (χ1v) is 6.21. The fraction of sp³-hybridized carbons (Fsp3) is 0.143. The summed E-state index contributed by atoms with van der Waals surface area (Å²) in [6.07, 6.45) is 0. The van der Waals surface area contributed by atoms with E-state index in [1.807, 2.05) is 24.3 Å². The second-order valence-electron chi connectivity index (χ2n) is 4.21. The van der Waals surface area contributed by atoms with Gasteiger partial charge in [0.2, 0.25) is 0 Å². The molecule has 17 heavy (non-hydrogen) atoms. The zero-order chi connectivity index (χ0) is 12.2. The third-order valence-electron chi connectivity index (χ3n) is 3.27. The first kappa shape index (κ1) is 10.4. The largest absolute Gasteiger partial charge is 0.289 e. The van der Waals surface area contributed by atoms with E-state index in [2.05, 4.69) is 0 Å². The van der Waals surface area contributed by atoms with Crippen LogP contribution in [0, 0.1) is 0 Å². The number of ketones is 2. The Morgan fingerprint density at radius 1 is 0.941 bits per heavy atom. The lowest BCUT2D eigenvalue weighted by Gasteiger charge is -2.12. The molecule has 0 atom stereocenters. The molecule has 0 saturated heterocycles. The zero-order valence-corrected chi connectivity index (χ0v) is 10.4. The summed E-state index contributed by atoms with van der Waals surface area (Å²) in [7, 11) is 0. The Kier molecular flexibility index (Phi) is 2.07. The minimum Gasteiger partial charge on any atom is -0.289 e. The third-order valence-corrected chi connectivity index (χ3v) is 4.44. The molecular formula is C14H10O2S. The Balaban J connectivity index is 2.44. The maximum absolute atomic E-state index is 12.2. The number of allylic oxidation sites excluding steroid dienone is 2. The molecule has 0 saturated carbocycles. The van der Waals surface area contributed by atoms with Crippen LogP contribution in [0.25, 0.3) is 10.1 Å². The van der Waals surface area contributed by atoms with Gasteiger partial charge in [-0.15, -0.1) is 11.3 Å². The monoisotopic (exact) mass is 242 g/mol. The molecule has 0 spiro atoms. The average molecular weight is 242 g/mol. The molecule has 1 aromatic carbocycles. The molecule has 2 aromatic rings. The average Bonchev–Trinajstić information content (AvgIpc) is 2.73. The van der Waals surface area contributed by atoms with E-state index >= 15 is 0 Å². The van der Waals surface area contributed by atoms with Crippen LogP contribution in [-0.4, -0.2) is 11.6 Å². The molecule has 0 fully saturated rings. The summed E-state index contributed by atoms with van der Waals surface area (Å²) in [5, 5.41) is 0.901. The van der Waals surface area contributed by atoms with Crippen LogP contribution in [0.2, 0.25) is 0 Å². The highest BCUT2D eigenvalue weighted by molar-refractivity contribution is 7.21. The second-order valence-corrected chi connectivity index (χ2v) is 5.26. The van der Waals surface area contributed by atoms with Gasteiger partial charge in [0.1, 0.15) is 0 Å². The molecule has 84 valence electrons. The smallest absolute Gasteiger partial charge is 0.199 e. The quantitative estimate of drug-likeness (QED) is 0.707. The van der Waals surface area contributed by atoms with Crippen LogP contribution >= 0.6 is 11.3 Å². The lowest BCUT2D eigenvalue weighted by atomic mass is 9.89. The van der Waals surface area contributed by atoms with E-state index in [9.17, 15) is 9.59 Å². The van der Waals surface area contributed by atoms with E-state index in [0.29, 0.717) is 21.6 Å². The number of rotatable bonds is 0. The van der Waals surface area contributed by atoms with Crippen LogP contribution in [0.4, 0.5) is 0 Å². The van der Waals surface area contributed by atoms with Gasteiger partial charge in [-0.1, -0.05) is 18.2 Å². The lowest BCUT2D eigenvalue weighted by Crippen LogP contribution is -2.17. The number of carbonyl (C=O) groups is 2. The fourth-order valence-corrected chi connectivity index (χ4v) is 3.33. The minimum atomic E-state index is -0.00505. The molecular weight excluding hydrogens is 232 g/mol. The molecule has 0 amide bonds. The molecule has 1 aliphatic rings. The number of hydrogen-bond acceptors (Lipinski definition) is 3. The van der Waals surface area contributed by atoms with E-state index in [1.165, 1.54) is 11.3 Å². The van der Waals surface area contributed by atoms with Crippen molar-refractivity contribution in [1.29, 1.82) is 0 Å². The predicted molar refractivity (Wildman–Crippen MR) is 68.9 cm³/mol. The molecule has 1 heterocycles. The van der Waals surface area contributed by atoms with E-state index in [0.717, 1.165) is 10.1 Å². The molecule has 2 nitrogen and oxygen atoms in total. The van der Waals surface area contributed by atoms with Crippen molar-refractivity contribution in [2.75, 3.05) is 0 Å². The van der Waals surface area contributed by atoms with Gasteiger partial charge < -0.3 is 0 Å². The first-order valence-electron chi connectivity index (χ1n) is 5.39. The normalized spacial score (nSPS) is 15.6. The lowest BCUT2D eigenvalue weighted by molar-refractivity contribution is 0.0979. The molecule has 3 rings (SSSR count). The second kappa shape index (κ2) is 3.37. The Morgan fingerprint density at radius 3 is 2.35 bits per heavy atom. The van der Waals surface area contributed by atoms with Gasteiger partial charge in [-0.05, 0) is 19.9 Å². The Labute approximate surface area is 103 Å². The van der Waals surface area contributed by atoms with E-state index < -0.39 is 0 Å². The van der Waals surface area contributed by atoms with Crippen molar-refractivity contribution in [3.8, 4) is 0 Å². The summed E-state index contributed by atoms with van der Waals surface area (Å²) in [6, 6.07) is 7.67. The third kappa shape index (κ3) is 1.26. The molecule has 1 aromatic heterocycles. The highest BCUT2D eigenvalue weighted by Gasteiger charge is 2.31. The van der Waals surface area contributed by atoms with Crippen molar-refractivity contribution in [3.63, 3.8) is 0 Å². The molecule has 0 bridgehead atoms. The fourth-order valence-electron chi connectivity index (χ4n) is 2.13. The van der Waals surface area contributed by atoms with Gasteiger partial charge in [-0.2, -0.15) is 0 Å². The molecule has 1 aliphatic carbocycles. The van der Waals surface area contributed by atoms with E-state index in [4.69, 9.17) is 0 Å². The van der Waals surface area contributed by atoms with Crippen molar-refractivity contribution in [1.82, 2.24) is 0 Å². The predicted octanol–water partition coefficient (Wildman–Crippen LogP) is 3.62. The Bertz CT molecular complexity index is 704. The molecule has 0 N–H and O–H groups in total. The van der Waals surface area contributed by atoms with E-state index in [-0.39, 0.29) is 11.6 Å². The summed E-state index contributed by atoms with van der Waals surface area (Å²) >= 11 is 1.41. The van der Waals surface area contributed by atoms with E-state index in [1.54, 1.807) is 13.8 Å². The Morgan fingerprint density at radius 2 is 1.59 bits per heavy atom. The Hall–Kier alpha value is -1.74. The molecule has 0 aliphatic heterocycles. The van der Waals surface area contributed by atoms with Crippen LogP contribution in [0.3, 0.4) is 0 Å². The number of carbonyl (C=O) groups excluding carboxylic acids is 2. The first-order chi connectivity index (χ1) is 8.11. The molecule has 0 unspecified atom stereocenters. The maximum Gasteiger partial charge on any atom is 0.199 e. The summed E-state index contributed by atoms with van der Waals surface area (Å²) < 4.78 is 1.00. The van der Waals surface area contributed by atoms with Crippen LogP contribution in [-0.2, 0) is 0 Å². The van der Waals surface area contributed by atoms with Gasteiger partial charge in [0, 0.05) is 21.2 Å². The van der Waals surface area contributed by atoms with Gasteiger partial charge in [-0.25, -0.2) is 0 Å². The van der Waals surface area contributed by atoms with Crippen LogP contribution in [0.15, 0.2) is 35.4 Å². The summed E-state index contributed by atoms with van der Waals surface area (Å²) in [5.74, 6) is -0.00662. The number of fused-ring (bicyclic) bond motifs is 3. The highest BCUT2D eigenvalue weighted by Crippen LogP contribution is 2.37. The van der Waals surface area contributed by atoms with Gasteiger partial charge >= 0.3 is 0 Å². The summed E-state index contributed by atoms with van der Waals surface area (Å²) in [6.45, 7) is 3.45. The SMILES string of the molecule is CC1=C(C)C(=O)c2c(sc3ccccc23)C1=O. The van der Waals surface area contributed by atoms with Gasteiger partial charge in [0.15, 0.2) is 11.6 Å². The zero-order valence-electron chi connectivity index (χ0n) is 9.53. The number of Topliss-reactive ketones (excluding diaryl/α,β-unsaturated/α-hetero) is 2. The van der Waals surface area contributed by atoms with Crippen molar-refractivity contribution >= 4 is 33.0 Å². The van der Waals surface area contributed by atoms with Crippen molar-refractivity contribution < 1.29 is 9.59 Å². The molecule has 3 heteroatoms. The van der Waals surface area contributed by atoms with Crippen molar-refractivity contribution in [2.45, 2.75) is 13.8 Å². The highest BCUT2D eigenvalue weighted by atomic mass is 32.1. The number of benzene rings is 1. The summed E-state index contributed by atoms with van der Waals surface area (Å²) in [5.41, 5.74) is 1.75. The van der Waals surface area contributed by atoms with Crippen molar-refractivity contribution in [2.24, 2.45) is 0 Å². The maximum atomic E-state index is 12.2. The van der Waals surface area contributed by atoms with Gasteiger partial charge in [-0.3, -0.25) is 9.59 Å². The van der Waals surface area contributed by atoms with Gasteiger partial charge in [0.05, 0.1) is 10.4 Å². The number of thiophene rings is 1. The van der Waals surface area contributed by atoms with Crippen molar-refractivity contribution in [3.05, 3.63) is 45.9 Å².